The largest absolute Gasteiger partial charge is 0.497 e. The highest BCUT2D eigenvalue weighted by molar-refractivity contribution is 5.49. The first-order valence-corrected chi connectivity index (χ1v) is 6.99. The molecule has 2 aromatic rings. The lowest BCUT2D eigenvalue weighted by Crippen LogP contribution is -2.09. The summed E-state index contributed by atoms with van der Waals surface area (Å²) in [7, 11) is 1.68. The number of anilines is 1. The van der Waals surface area contributed by atoms with Gasteiger partial charge in [0.25, 0.3) is 0 Å². The van der Waals surface area contributed by atoms with Gasteiger partial charge in [0.1, 0.15) is 5.75 Å². The smallest absolute Gasteiger partial charge is 0.119 e. The first kappa shape index (κ1) is 14.4. The van der Waals surface area contributed by atoms with Gasteiger partial charge in [-0.05, 0) is 74.2 Å². The summed E-state index contributed by atoms with van der Waals surface area (Å²) in [6, 6.07) is 12.9. The van der Waals surface area contributed by atoms with Gasteiger partial charge in [0.05, 0.1) is 7.11 Å². The number of aryl methyl sites for hydroxylation is 3. The molecule has 1 N–H and O–H groups in total. The normalized spacial score (nSPS) is 12.1. The average molecular weight is 269 g/mol. The fourth-order valence-corrected chi connectivity index (χ4v) is 2.46. The minimum atomic E-state index is 0.280. The summed E-state index contributed by atoms with van der Waals surface area (Å²) in [6.45, 7) is 8.70. The Morgan fingerprint density at radius 3 is 2.10 bits per heavy atom. The maximum atomic E-state index is 5.18. The van der Waals surface area contributed by atoms with Crippen LogP contribution in [0.3, 0.4) is 0 Å². The monoisotopic (exact) mass is 269 g/mol. The number of hydrogen-bond donors (Lipinski definition) is 1. The quantitative estimate of drug-likeness (QED) is 0.861. The minimum absolute atomic E-state index is 0.280. The van der Waals surface area contributed by atoms with Crippen molar-refractivity contribution in [2.75, 3.05) is 12.4 Å². The van der Waals surface area contributed by atoms with Crippen molar-refractivity contribution in [1.82, 2.24) is 0 Å². The van der Waals surface area contributed by atoms with E-state index >= 15 is 0 Å². The van der Waals surface area contributed by atoms with E-state index in [9.17, 15) is 0 Å². The molecule has 0 radical (unpaired) electrons. The molecule has 0 saturated carbocycles. The van der Waals surface area contributed by atoms with Gasteiger partial charge in [-0.15, -0.1) is 0 Å². The van der Waals surface area contributed by atoms with E-state index in [1.807, 2.05) is 24.3 Å². The van der Waals surface area contributed by atoms with E-state index < -0.39 is 0 Å². The van der Waals surface area contributed by atoms with Gasteiger partial charge in [0.15, 0.2) is 0 Å². The molecule has 1 unspecified atom stereocenters. The highest BCUT2D eigenvalue weighted by Gasteiger charge is 2.10. The Morgan fingerprint density at radius 2 is 1.50 bits per heavy atom. The van der Waals surface area contributed by atoms with Crippen molar-refractivity contribution in [2.24, 2.45) is 0 Å². The van der Waals surface area contributed by atoms with E-state index in [0.717, 1.165) is 11.4 Å². The van der Waals surface area contributed by atoms with Crippen LogP contribution in [0.2, 0.25) is 0 Å². The molecule has 0 aliphatic carbocycles. The molecule has 2 nitrogen and oxygen atoms in total. The van der Waals surface area contributed by atoms with Crippen molar-refractivity contribution >= 4 is 5.69 Å². The minimum Gasteiger partial charge on any atom is -0.497 e. The van der Waals surface area contributed by atoms with E-state index in [2.05, 4.69) is 45.1 Å². The van der Waals surface area contributed by atoms with Crippen molar-refractivity contribution in [3.63, 3.8) is 0 Å². The fourth-order valence-electron chi connectivity index (χ4n) is 2.46. The van der Waals surface area contributed by atoms with Crippen LogP contribution in [0.25, 0.3) is 0 Å². The van der Waals surface area contributed by atoms with Crippen LogP contribution in [0.4, 0.5) is 5.69 Å². The molecule has 106 valence electrons. The van der Waals surface area contributed by atoms with Crippen LogP contribution in [-0.4, -0.2) is 7.11 Å². The Balaban J connectivity index is 2.18. The highest BCUT2D eigenvalue weighted by Crippen LogP contribution is 2.25. The van der Waals surface area contributed by atoms with Crippen LogP contribution < -0.4 is 10.1 Å². The number of ether oxygens (including phenoxy) is 1. The third-order valence-electron chi connectivity index (χ3n) is 3.82. The molecule has 0 heterocycles. The molecular weight excluding hydrogens is 246 g/mol. The first-order chi connectivity index (χ1) is 9.51. The van der Waals surface area contributed by atoms with Gasteiger partial charge in [0, 0.05) is 11.7 Å². The van der Waals surface area contributed by atoms with Gasteiger partial charge >= 0.3 is 0 Å². The van der Waals surface area contributed by atoms with Crippen molar-refractivity contribution in [3.05, 3.63) is 58.7 Å². The Morgan fingerprint density at radius 1 is 0.900 bits per heavy atom. The Bertz CT molecular complexity index is 587. The van der Waals surface area contributed by atoms with Crippen LogP contribution >= 0.6 is 0 Å². The van der Waals surface area contributed by atoms with Crippen molar-refractivity contribution in [1.29, 1.82) is 0 Å². The molecule has 0 saturated heterocycles. The van der Waals surface area contributed by atoms with Crippen LogP contribution in [-0.2, 0) is 0 Å². The molecule has 2 heteroatoms. The summed E-state index contributed by atoms with van der Waals surface area (Å²) in [5.74, 6) is 0.880. The lowest BCUT2D eigenvalue weighted by Gasteiger charge is -2.19. The first-order valence-electron chi connectivity index (χ1n) is 6.99. The number of hydrogen-bond acceptors (Lipinski definition) is 2. The van der Waals surface area contributed by atoms with Gasteiger partial charge in [-0.1, -0.05) is 12.1 Å². The average Bonchev–Trinajstić information content (AvgIpc) is 2.43. The van der Waals surface area contributed by atoms with Gasteiger partial charge in [-0.2, -0.15) is 0 Å². The molecule has 2 rings (SSSR count). The lowest BCUT2D eigenvalue weighted by atomic mass is 9.96. The Hall–Kier alpha value is -1.96. The van der Waals surface area contributed by atoms with Crippen molar-refractivity contribution in [2.45, 2.75) is 33.7 Å². The third-order valence-corrected chi connectivity index (χ3v) is 3.82. The predicted octanol–water partition coefficient (Wildman–Crippen LogP) is 4.79. The second-order valence-corrected chi connectivity index (χ2v) is 5.39. The summed E-state index contributed by atoms with van der Waals surface area (Å²) in [4.78, 5) is 0. The maximum Gasteiger partial charge on any atom is 0.119 e. The lowest BCUT2D eigenvalue weighted by molar-refractivity contribution is 0.415. The second-order valence-electron chi connectivity index (χ2n) is 5.39. The van der Waals surface area contributed by atoms with E-state index in [1.165, 1.54) is 22.3 Å². The molecule has 0 bridgehead atoms. The highest BCUT2D eigenvalue weighted by atomic mass is 16.5. The van der Waals surface area contributed by atoms with Crippen molar-refractivity contribution in [3.8, 4) is 5.75 Å². The molecule has 0 fully saturated rings. The summed E-state index contributed by atoms with van der Waals surface area (Å²) < 4.78 is 5.18. The topological polar surface area (TPSA) is 21.3 Å². The van der Waals surface area contributed by atoms with Gasteiger partial charge in [-0.25, -0.2) is 0 Å². The molecule has 0 aliphatic rings. The predicted molar refractivity (Wildman–Crippen MR) is 85.7 cm³/mol. The zero-order valence-corrected chi connectivity index (χ0v) is 12.9. The van der Waals surface area contributed by atoms with Gasteiger partial charge < -0.3 is 10.1 Å². The van der Waals surface area contributed by atoms with Crippen LogP contribution in [0.5, 0.6) is 5.75 Å². The number of benzene rings is 2. The van der Waals surface area contributed by atoms with Crippen LogP contribution in [0.15, 0.2) is 36.4 Å². The van der Waals surface area contributed by atoms with Crippen LogP contribution in [0, 0.1) is 20.8 Å². The number of nitrogens with one attached hydrogen (secondary N) is 1. The SMILES string of the molecule is COc1ccc(NC(C)c2cc(C)c(C)cc2C)cc1. The molecule has 2 aromatic carbocycles. The molecular formula is C18H23NO. The summed E-state index contributed by atoms with van der Waals surface area (Å²) >= 11 is 0. The maximum absolute atomic E-state index is 5.18. The van der Waals surface area contributed by atoms with Crippen molar-refractivity contribution < 1.29 is 4.74 Å². The molecule has 1 atom stereocenters. The zero-order valence-electron chi connectivity index (χ0n) is 12.9. The fraction of sp³-hybridized carbons (Fsp3) is 0.333. The summed E-state index contributed by atoms with van der Waals surface area (Å²) in [5, 5.41) is 3.54. The molecule has 20 heavy (non-hydrogen) atoms. The molecule has 0 amide bonds. The molecule has 0 spiro atoms. The Kier molecular flexibility index (Phi) is 4.33. The molecule has 0 aromatic heterocycles. The van der Waals surface area contributed by atoms with Gasteiger partial charge in [-0.3, -0.25) is 0 Å². The van der Waals surface area contributed by atoms with E-state index in [4.69, 9.17) is 4.74 Å². The van der Waals surface area contributed by atoms with Crippen LogP contribution in [0.1, 0.15) is 35.2 Å². The van der Waals surface area contributed by atoms with E-state index in [-0.39, 0.29) is 6.04 Å². The standard InChI is InChI=1S/C18H23NO/c1-12-10-14(3)18(11-13(12)2)15(4)19-16-6-8-17(20-5)9-7-16/h6-11,15,19H,1-5H3. The Labute approximate surface area is 121 Å². The zero-order chi connectivity index (χ0) is 14.7. The number of methoxy groups -OCH3 is 1. The number of rotatable bonds is 4. The molecule has 0 aliphatic heterocycles. The van der Waals surface area contributed by atoms with E-state index in [1.54, 1.807) is 7.11 Å². The summed E-state index contributed by atoms with van der Waals surface area (Å²) in [6.07, 6.45) is 0. The summed E-state index contributed by atoms with van der Waals surface area (Å²) in [5.41, 5.74) is 6.48. The van der Waals surface area contributed by atoms with E-state index in [0.29, 0.717) is 0 Å². The third kappa shape index (κ3) is 3.13. The second kappa shape index (κ2) is 6.00. The van der Waals surface area contributed by atoms with Gasteiger partial charge in [0.2, 0.25) is 0 Å².